The largest absolute Gasteiger partial charge is 0.481 e. The molecule has 0 radical (unpaired) electrons. The summed E-state index contributed by atoms with van der Waals surface area (Å²) in [6, 6.07) is 9.17. The third kappa shape index (κ3) is 3.41. The van der Waals surface area contributed by atoms with Gasteiger partial charge in [0, 0.05) is 16.6 Å². The molecule has 20 heavy (non-hydrogen) atoms. The van der Waals surface area contributed by atoms with Crippen LogP contribution >= 0.6 is 15.9 Å². The number of carboxylic acids is 1. The van der Waals surface area contributed by atoms with Crippen molar-refractivity contribution in [2.24, 2.45) is 5.92 Å². The Hall–Kier alpha value is -0.870. The van der Waals surface area contributed by atoms with Gasteiger partial charge in [-0.3, -0.25) is 9.69 Å². The summed E-state index contributed by atoms with van der Waals surface area (Å²) in [6.07, 6.45) is 2.55. The first-order chi connectivity index (χ1) is 9.52. The molecular weight excluding hydrogens is 318 g/mol. The van der Waals surface area contributed by atoms with Crippen LogP contribution in [0, 0.1) is 5.92 Å². The van der Waals surface area contributed by atoms with Gasteiger partial charge in [0.1, 0.15) is 0 Å². The minimum absolute atomic E-state index is 0.177. The van der Waals surface area contributed by atoms with Gasteiger partial charge >= 0.3 is 5.97 Å². The van der Waals surface area contributed by atoms with Gasteiger partial charge in [-0.05, 0) is 50.4 Å². The fourth-order valence-corrected chi connectivity index (χ4v) is 3.49. The third-order valence-electron chi connectivity index (χ3n) is 4.32. The molecule has 1 aromatic carbocycles. The van der Waals surface area contributed by atoms with E-state index in [1.165, 1.54) is 5.56 Å². The van der Waals surface area contributed by atoms with E-state index in [9.17, 15) is 4.79 Å². The summed E-state index contributed by atoms with van der Waals surface area (Å²) in [6.45, 7) is 5.21. The Morgan fingerprint density at radius 3 is 2.60 bits per heavy atom. The molecule has 1 N–H and O–H groups in total. The summed E-state index contributed by atoms with van der Waals surface area (Å²) in [4.78, 5) is 13.6. The normalized spacial score (nSPS) is 25.4. The van der Waals surface area contributed by atoms with Crippen molar-refractivity contribution < 1.29 is 9.90 Å². The van der Waals surface area contributed by atoms with Gasteiger partial charge in [-0.25, -0.2) is 0 Å². The van der Waals surface area contributed by atoms with Crippen molar-refractivity contribution in [2.45, 2.75) is 45.2 Å². The summed E-state index contributed by atoms with van der Waals surface area (Å²) < 4.78 is 1.09. The van der Waals surface area contributed by atoms with Crippen LogP contribution in [0.2, 0.25) is 0 Å². The average molecular weight is 340 g/mol. The molecule has 3 unspecified atom stereocenters. The van der Waals surface area contributed by atoms with Crippen molar-refractivity contribution in [2.75, 3.05) is 6.54 Å². The van der Waals surface area contributed by atoms with E-state index in [4.69, 9.17) is 5.11 Å². The standard InChI is InChI=1S/C16H22BrNO2/c1-3-15(12-4-6-14(17)7-5-12)18-9-8-13(16(19)20)10-11(18)2/h4-7,11,13,15H,3,8-10H2,1-2H3,(H,19,20). The van der Waals surface area contributed by atoms with Gasteiger partial charge in [0.2, 0.25) is 0 Å². The smallest absolute Gasteiger partial charge is 0.306 e. The summed E-state index contributed by atoms with van der Waals surface area (Å²) >= 11 is 3.47. The van der Waals surface area contributed by atoms with E-state index in [1.54, 1.807) is 0 Å². The van der Waals surface area contributed by atoms with Crippen LogP contribution in [0.3, 0.4) is 0 Å². The Morgan fingerprint density at radius 1 is 1.45 bits per heavy atom. The quantitative estimate of drug-likeness (QED) is 0.898. The number of carboxylic acid groups (broad SMARTS) is 1. The second kappa shape index (κ2) is 6.72. The minimum Gasteiger partial charge on any atom is -0.481 e. The molecule has 0 amide bonds. The van der Waals surface area contributed by atoms with Crippen LogP contribution in [0.1, 0.15) is 44.7 Å². The molecule has 1 saturated heterocycles. The van der Waals surface area contributed by atoms with E-state index in [2.05, 4.69) is 58.9 Å². The van der Waals surface area contributed by atoms with Crippen molar-refractivity contribution >= 4 is 21.9 Å². The molecule has 1 aliphatic heterocycles. The van der Waals surface area contributed by atoms with Crippen molar-refractivity contribution in [3.8, 4) is 0 Å². The van der Waals surface area contributed by atoms with E-state index >= 15 is 0 Å². The molecule has 2 rings (SSSR count). The average Bonchev–Trinajstić information content (AvgIpc) is 2.43. The van der Waals surface area contributed by atoms with Crippen LogP contribution in [0.5, 0.6) is 0 Å². The van der Waals surface area contributed by atoms with E-state index in [1.807, 2.05) is 0 Å². The van der Waals surface area contributed by atoms with Crippen LogP contribution in [0.4, 0.5) is 0 Å². The molecule has 1 fully saturated rings. The van der Waals surface area contributed by atoms with Crippen molar-refractivity contribution in [3.63, 3.8) is 0 Å². The van der Waals surface area contributed by atoms with Crippen LogP contribution in [-0.2, 0) is 4.79 Å². The molecule has 0 spiro atoms. The molecule has 4 heteroatoms. The lowest BCUT2D eigenvalue weighted by Crippen LogP contribution is -2.44. The summed E-state index contributed by atoms with van der Waals surface area (Å²) in [5.74, 6) is -0.822. The molecule has 0 aromatic heterocycles. The Balaban J connectivity index is 2.12. The van der Waals surface area contributed by atoms with Crippen LogP contribution in [0.15, 0.2) is 28.7 Å². The molecule has 1 aromatic rings. The maximum absolute atomic E-state index is 11.1. The second-order valence-electron chi connectivity index (χ2n) is 5.62. The van der Waals surface area contributed by atoms with Gasteiger partial charge < -0.3 is 5.11 Å². The Kier molecular flexibility index (Phi) is 5.22. The Morgan fingerprint density at radius 2 is 2.10 bits per heavy atom. The van der Waals surface area contributed by atoms with Crippen molar-refractivity contribution in [1.82, 2.24) is 4.90 Å². The molecule has 0 bridgehead atoms. The fraction of sp³-hybridized carbons (Fsp3) is 0.562. The minimum atomic E-state index is -0.645. The zero-order valence-electron chi connectivity index (χ0n) is 12.1. The number of likely N-dealkylation sites (tertiary alicyclic amines) is 1. The van der Waals surface area contributed by atoms with E-state index in [0.29, 0.717) is 12.1 Å². The summed E-state index contributed by atoms with van der Waals surface area (Å²) in [5, 5.41) is 9.16. The number of nitrogens with zero attached hydrogens (tertiary/aromatic N) is 1. The third-order valence-corrected chi connectivity index (χ3v) is 4.85. The number of piperidine rings is 1. The van der Waals surface area contributed by atoms with Crippen molar-refractivity contribution in [3.05, 3.63) is 34.3 Å². The van der Waals surface area contributed by atoms with Gasteiger partial charge in [0.25, 0.3) is 0 Å². The molecule has 3 atom stereocenters. The fourth-order valence-electron chi connectivity index (χ4n) is 3.22. The van der Waals surface area contributed by atoms with E-state index < -0.39 is 5.97 Å². The topological polar surface area (TPSA) is 40.5 Å². The lowest BCUT2D eigenvalue weighted by molar-refractivity contribution is -0.144. The highest BCUT2D eigenvalue weighted by Crippen LogP contribution is 2.33. The maximum atomic E-state index is 11.1. The molecule has 0 saturated carbocycles. The maximum Gasteiger partial charge on any atom is 0.306 e. The lowest BCUT2D eigenvalue weighted by atomic mass is 9.89. The first-order valence-electron chi connectivity index (χ1n) is 7.27. The number of hydrogen-bond donors (Lipinski definition) is 1. The highest BCUT2D eigenvalue weighted by atomic mass is 79.9. The van der Waals surface area contributed by atoms with Crippen molar-refractivity contribution in [1.29, 1.82) is 0 Å². The predicted molar refractivity (Wildman–Crippen MR) is 83.7 cm³/mol. The predicted octanol–water partition coefficient (Wildman–Crippen LogP) is 4.09. The van der Waals surface area contributed by atoms with Gasteiger partial charge in [0.15, 0.2) is 0 Å². The van der Waals surface area contributed by atoms with Gasteiger partial charge in [0.05, 0.1) is 5.92 Å². The molecule has 0 aliphatic carbocycles. The van der Waals surface area contributed by atoms with E-state index in [0.717, 1.165) is 30.3 Å². The van der Waals surface area contributed by atoms with Gasteiger partial charge in [-0.15, -0.1) is 0 Å². The van der Waals surface area contributed by atoms with Gasteiger partial charge in [-0.1, -0.05) is 35.0 Å². The highest BCUT2D eigenvalue weighted by Gasteiger charge is 2.33. The first-order valence-corrected chi connectivity index (χ1v) is 8.06. The first kappa shape index (κ1) is 15.5. The molecule has 110 valence electrons. The molecular formula is C16H22BrNO2. The van der Waals surface area contributed by atoms with Gasteiger partial charge in [-0.2, -0.15) is 0 Å². The molecule has 1 heterocycles. The summed E-state index contributed by atoms with van der Waals surface area (Å²) in [5.41, 5.74) is 1.32. The number of rotatable bonds is 4. The number of aliphatic carboxylic acids is 1. The molecule has 1 aliphatic rings. The van der Waals surface area contributed by atoms with Crippen LogP contribution in [-0.4, -0.2) is 28.6 Å². The number of carbonyl (C=O) groups is 1. The number of halogens is 1. The molecule has 3 nitrogen and oxygen atoms in total. The summed E-state index contributed by atoms with van der Waals surface area (Å²) in [7, 11) is 0. The second-order valence-corrected chi connectivity index (χ2v) is 6.54. The Bertz CT molecular complexity index is 460. The Labute approximate surface area is 129 Å². The van der Waals surface area contributed by atoms with Crippen LogP contribution in [0.25, 0.3) is 0 Å². The zero-order valence-corrected chi connectivity index (χ0v) is 13.6. The number of benzene rings is 1. The van der Waals surface area contributed by atoms with Crippen LogP contribution < -0.4 is 0 Å². The lowest BCUT2D eigenvalue weighted by Gasteiger charge is -2.41. The monoisotopic (exact) mass is 339 g/mol. The SMILES string of the molecule is CCC(c1ccc(Br)cc1)N1CCC(C(=O)O)CC1C. The zero-order chi connectivity index (χ0) is 14.7. The van der Waals surface area contributed by atoms with E-state index in [-0.39, 0.29) is 5.92 Å². The highest BCUT2D eigenvalue weighted by molar-refractivity contribution is 9.10. The number of hydrogen-bond acceptors (Lipinski definition) is 2.